The highest BCUT2D eigenvalue weighted by Crippen LogP contribution is 2.46. The number of nitrogens with one attached hydrogen (secondary N) is 2. The summed E-state index contributed by atoms with van der Waals surface area (Å²) in [6.07, 6.45) is 0.128. The number of aromatic amines is 1. The fourth-order valence-electron chi connectivity index (χ4n) is 4.45. The largest absolute Gasteiger partial charge is 0.462 e. The van der Waals surface area contributed by atoms with Crippen LogP contribution >= 0.6 is 19.3 Å². The first kappa shape index (κ1) is 31.7. The lowest BCUT2D eigenvalue weighted by Gasteiger charge is -2.24. The first-order valence-corrected chi connectivity index (χ1v) is 15.2. The molecule has 14 heteroatoms. The number of aromatic nitrogens is 2. The Balaban J connectivity index is 1.50. The SMILES string of the molecule is CC(C)OC(=O)[C@H](C)NP(=O)(OC[C@@H]1C[C@H](C)[C@H](n2ccc(=O)[nH]c2=O)O1)Oc1ccc(-c2ccc(Cl)cc2F)cc1. The minimum atomic E-state index is -4.22. The van der Waals surface area contributed by atoms with E-state index in [9.17, 15) is 23.3 Å². The molecule has 0 bridgehead atoms. The smallest absolute Gasteiger partial charge is 0.459 e. The highest BCUT2D eigenvalue weighted by atomic mass is 35.5. The van der Waals surface area contributed by atoms with E-state index < -0.39 is 55.3 Å². The summed E-state index contributed by atoms with van der Waals surface area (Å²) < 4.78 is 52.3. The molecule has 1 aliphatic heterocycles. The van der Waals surface area contributed by atoms with Crippen molar-refractivity contribution in [2.45, 2.75) is 58.6 Å². The van der Waals surface area contributed by atoms with Gasteiger partial charge in [0.05, 0.1) is 18.8 Å². The normalized spacial score (nSPS) is 20.7. The minimum Gasteiger partial charge on any atom is -0.462 e. The molecular formula is C28H32ClFN3O8P. The van der Waals surface area contributed by atoms with Crippen molar-refractivity contribution in [3.05, 3.63) is 86.4 Å². The summed E-state index contributed by atoms with van der Waals surface area (Å²) in [6.45, 7) is 6.49. The molecule has 4 rings (SSSR count). The van der Waals surface area contributed by atoms with Crippen LogP contribution in [0, 0.1) is 11.7 Å². The molecule has 11 nitrogen and oxygen atoms in total. The molecule has 2 heterocycles. The number of hydrogen-bond acceptors (Lipinski definition) is 8. The van der Waals surface area contributed by atoms with Gasteiger partial charge in [-0.25, -0.2) is 13.8 Å². The third-order valence-corrected chi connectivity index (χ3v) is 8.27. The van der Waals surface area contributed by atoms with Crippen molar-refractivity contribution in [1.29, 1.82) is 0 Å². The second-order valence-electron chi connectivity index (χ2n) is 10.2. The van der Waals surface area contributed by atoms with Crippen LogP contribution in [-0.4, -0.2) is 40.4 Å². The highest BCUT2D eigenvalue weighted by Gasteiger charge is 2.38. The Kier molecular flexibility index (Phi) is 10.1. The number of rotatable bonds is 11. The van der Waals surface area contributed by atoms with Gasteiger partial charge < -0.3 is 14.0 Å². The summed E-state index contributed by atoms with van der Waals surface area (Å²) in [5.41, 5.74) is -0.290. The number of nitrogens with zero attached hydrogens (tertiary/aromatic N) is 1. The molecule has 0 aliphatic carbocycles. The number of carbonyl (C=O) groups excluding carboxylic acids is 1. The van der Waals surface area contributed by atoms with Crippen LogP contribution < -0.4 is 20.9 Å². The van der Waals surface area contributed by atoms with E-state index in [1.54, 1.807) is 38.1 Å². The predicted molar refractivity (Wildman–Crippen MR) is 154 cm³/mol. The zero-order chi connectivity index (χ0) is 30.6. The summed E-state index contributed by atoms with van der Waals surface area (Å²) in [6, 6.07) is 10.6. The van der Waals surface area contributed by atoms with Gasteiger partial charge in [-0.2, -0.15) is 5.09 Å². The summed E-state index contributed by atoms with van der Waals surface area (Å²) in [5, 5.41) is 2.88. The van der Waals surface area contributed by atoms with Gasteiger partial charge in [-0.15, -0.1) is 0 Å². The second-order valence-corrected chi connectivity index (χ2v) is 12.4. The maximum absolute atomic E-state index is 14.4. The third kappa shape index (κ3) is 7.96. The second kappa shape index (κ2) is 13.4. The van der Waals surface area contributed by atoms with E-state index in [2.05, 4.69) is 10.1 Å². The van der Waals surface area contributed by atoms with E-state index in [-0.39, 0.29) is 23.3 Å². The van der Waals surface area contributed by atoms with Gasteiger partial charge in [0.25, 0.3) is 5.56 Å². The molecule has 1 saturated heterocycles. The first-order chi connectivity index (χ1) is 19.8. The average Bonchev–Trinajstić information content (AvgIpc) is 3.28. The first-order valence-electron chi connectivity index (χ1n) is 13.3. The standard InChI is InChI=1S/C28H32ClFN3O8P/c1-16(2)39-27(35)18(4)32-42(37,41-21-8-5-19(6-9-21)23-10-7-20(29)14-24(23)30)38-15-22-13-17(3)26(40-22)33-12-11-25(34)31-28(33)36/h5-12,14,16-18,22,26H,13,15H2,1-4H3,(H,32,37)(H,31,34,36)/t17-,18-,22-,26+,42?/m0/s1. The molecule has 1 aromatic heterocycles. The van der Waals surface area contributed by atoms with Crippen molar-refractivity contribution >= 4 is 25.3 Å². The van der Waals surface area contributed by atoms with Crippen molar-refractivity contribution in [2.24, 2.45) is 5.92 Å². The van der Waals surface area contributed by atoms with Gasteiger partial charge in [0.2, 0.25) is 0 Å². The van der Waals surface area contributed by atoms with Crippen LogP contribution in [0.1, 0.15) is 40.3 Å². The monoisotopic (exact) mass is 623 g/mol. The van der Waals surface area contributed by atoms with Crippen LogP contribution in [0.2, 0.25) is 5.02 Å². The van der Waals surface area contributed by atoms with Gasteiger partial charge >= 0.3 is 19.4 Å². The minimum absolute atomic E-state index is 0.131. The molecule has 42 heavy (non-hydrogen) atoms. The van der Waals surface area contributed by atoms with Gasteiger partial charge in [-0.1, -0.05) is 30.7 Å². The topological polar surface area (TPSA) is 138 Å². The van der Waals surface area contributed by atoms with Crippen molar-refractivity contribution in [3.8, 4) is 16.9 Å². The fourth-order valence-corrected chi connectivity index (χ4v) is 6.13. The van der Waals surface area contributed by atoms with E-state index >= 15 is 0 Å². The molecule has 5 atom stereocenters. The fraction of sp³-hybridized carbons (Fsp3) is 0.393. The molecule has 0 saturated carbocycles. The quantitative estimate of drug-likeness (QED) is 0.222. The van der Waals surface area contributed by atoms with Crippen molar-refractivity contribution in [1.82, 2.24) is 14.6 Å². The van der Waals surface area contributed by atoms with E-state index in [0.717, 1.165) is 0 Å². The number of hydrogen-bond donors (Lipinski definition) is 2. The lowest BCUT2D eigenvalue weighted by molar-refractivity contribution is -0.149. The Labute approximate surface area is 246 Å². The molecule has 1 unspecified atom stereocenters. The van der Waals surface area contributed by atoms with Crippen LogP contribution in [0.15, 0.2) is 64.3 Å². The lowest BCUT2D eigenvalue weighted by atomic mass is 10.1. The summed E-state index contributed by atoms with van der Waals surface area (Å²) in [5.74, 6) is -1.17. The molecule has 2 aromatic carbocycles. The van der Waals surface area contributed by atoms with E-state index in [1.807, 2.05) is 6.92 Å². The Morgan fingerprint density at radius 2 is 1.90 bits per heavy atom. The molecule has 1 aliphatic rings. The van der Waals surface area contributed by atoms with Crippen LogP contribution in [-0.2, 0) is 23.4 Å². The van der Waals surface area contributed by atoms with Crippen LogP contribution in [0.4, 0.5) is 4.39 Å². The molecule has 0 spiro atoms. The number of halogens is 2. The summed E-state index contributed by atoms with van der Waals surface area (Å²) in [7, 11) is -4.22. The Hall–Kier alpha value is -3.28. The van der Waals surface area contributed by atoms with Gasteiger partial charge in [-0.3, -0.25) is 23.7 Å². The lowest BCUT2D eigenvalue weighted by Crippen LogP contribution is -2.36. The van der Waals surface area contributed by atoms with Gasteiger partial charge in [0.1, 0.15) is 23.8 Å². The average molecular weight is 624 g/mol. The Morgan fingerprint density at radius 1 is 1.19 bits per heavy atom. The van der Waals surface area contributed by atoms with Gasteiger partial charge in [0.15, 0.2) is 0 Å². The molecule has 1 fully saturated rings. The number of benzene rings is 2. The Bertz CT molecular complexity index is 1580. The number of carbonyl (C=O) groups is 1. The zero-order valence-electron chi connectivity index (χ0n) is 23.4. The molecule has 3 aromatic rings. The van der Waals surface area contributed by atoms with E-state index in [4.69, 9.17) is 30.1 Å². The van der Waals surface area contributed by atoms with Crippen molar-refractivity contribution in [2.75, 3.05) is 6.61 Å². The molecule has 0 amide bonds. The third-order valence-electron chi connectivity index (χ3n) is 6.39. The highest BCUT2D eigenvalue weighted by molar-refractivity contribution is 7.52. The predicted octanol–water partition coefficient (Wildman–Crippen LogP) is 5.05. The molecule has 2 N–H and O–H groups in total. The number of H-pyrrole nitrogens is 1. The summed E-state index contributed by atoms with van der Waals surface area (Å²) >= 11 is 5.85. The molecular weight excluding hydrogens is 592 g/mol. The Morgan fingerprint density at radius 3 is 2.55 bits per heavy atom. The summed E-state index contributed by atoms with van der Waals surface area (Å²) in [4.78, 5) is 38.4. The van der Waals surface area contributed by atoms with E-state index in [0.29, 0.717) is 17.5 Å². The number of ether oxygens (including phenoxy) is 2. The van der Waals surface area contributed by atoms with Crippen LogP contribution in [0.25, 0.3) is 11.1 Å². The molecule has 0 radical (unpaired) electrons. The zero-order valence-corrected chi connectivity index (χ0v) is 25.1. The number of esters is 1. The maximum Gasteiger partial charge on any atom is 0.459 e. The van der Waals surface area contributed by atoms with E-state index in [1.165, 1.54) is 42.0 Å². The molecule has 226 valence electrons. The van der Waals surface area contributed by atoms with Crippen molar-refractivity contribution in [3.63, 3.8) is 0 Å². The van der Waals surface area contributed by atoms with Crippen LogP contribution in [0.3, 0.4) is 0 Å². The van der Waals surface area contributed by atoms with Gasteiger partial charge in [-0.05, 0) is 63.1 Å². The van der Waals surface area contributed by atoms with Gasteiger partial charge in [0, 0.05) is 28.8 Å². The maximum atomic E-state index is 14.4. The van der Waals surface area contributed by atoms with Crippen molar-refractivity contribution < 1.29 is 32.3 Å². The van der Waals surface area contributed by atoms with Crippen LogP contribution in [0.5, 0.6) is 5.75 Å².